The molecule has 0 amide bonds. The van der Waals surface area contributed by atoms with Gasteiger partial charge >= 0.3 is 0 Å². The molecule has 0 bridgehead atoms. The minimum Gasteiger partial charge on any atom is -0.394 e. The molecule has 1 saturated heterocycles. The molecule has 96 valence electrons. The first-order chi connectivity index (χ1) is 7.64. The van der Waals surface area contributed by atoms with Crippen molar-refractivity contribution in [2.24, 2.45) is 5.73 Å². The van der Waals surface area contributed by atoms with Gasteiger partial charge in [-0.1, -0.05) is 0 Å². The maximum absolute atomic E-state index is 8.97. The number of hydrogen-bond acceptors (Lipinski definition) is 4. The largest absolute Gasteiger partial charge is 0.394 e. The van der Waals surface area contributed by atoms with Gasteiger partial charge in [0.15, 0.2) is 0 Å². The second-order valence-electron chi connectivity index (χ2n) is 4.98. The lowest BCUT2D eigenvalue weighted by Gasteiger charge is -2.21. The van der Waals surface area contributed by atoms with Crippen LogP contribution < -0.4 is 5.73 Å². The molecule has 2 unspecified atom stereocenters. The average molecular weight is 231 g/mol. The van der Waals surface area contributed by atoms with E-state index in [2.05, 4.69) is 0 Å². The van der Waals surface area contributed by atoms with Crippen molar-refractivity contribution >= 4 is 0 Å². The second kappa shape index (κ2) is 7.22. The molecule has 0 saturated carbocycles. The number of unbranched alkanes of at least 4 members (excludes halogenated alkanes) is 1. The third-order valence-electron chi connectivity index (χ3n) is 2.98. The van der Waals surface area contributed by atoms with Crippen LogP contribution in [0.2, 0.25) is 0 Å². The van der Waals surface area contributed by atoms with Crippen molar-refractivity contribution in [1.82, 2.24) is 0 Å². The van der Waals surface area contributed by atoms with E-state index < -0.39 is 5.54 Å². The molecule has 0 aromatic rings. The third kappa shape index (κ3) is 5.80. The van der Waals surface area contributed by atoms with Crippen molar-refractivity contribution in [2.75, 3.05) is 26.4 Å². The van der Waals surface area contributed by atoms with E-state index in [4.69, 9.17) is 20.3 Å². The molecular formula is C12H25NO3. The number of ether oxygens (including phenoxy) is 2. The van der Waals surface area contributed by atoms with Crippen molar-refractivity contribution in [1.29, 1.82) is 0 Å². The van der Waals surface area contributed by atoms with Gasteiger partial charge in [0.25, 0.3) is 0 Å². The Morgan fingerprint density at radius 2 is 2.31 bits per heavy atom. The number of hydrogen-bond donors (Lipinski definition) is 2. The topological polar surface area (TPSA) is 64.7 Å². The molecule has 1 aliphatic rings. The van der Waals surface area contributed by atoms with Crippen molar-refractivity contribution in [3.05, 3.63) is 0 Å². The molecule has 0 aromatic carbocycles. The Morgan fingerprint density at radius 1 is 1.50 bits per heavy atom. The fourth-order valence-electron chi connectivity index (χ4n) is 1.80. The Hall–Kier alpha value is -0.160. The number of aliphatic hydroxyl groups is 1. The van der Waals surface area contributed by atoms with Crippen LogP contribution in [0.25, 0.3) is 0 Å². The molecule has 4 heteroatoms. The summed E-state index contributed by atoms with van der Waals surface area (Å²) in [4.78, 5) is 0. The van der Waals surface area contributed by atoms with Gasteiger partial charge in [-0.3, -0.25) is 0 Å². The highest BCUT2D eigenvalue weighted by Gasteiger charge is 2.16. The van der Waals surface area contributed by atoms with Gasteiger partial charge in [-0.25, -0.2) is 0 Å². The van der Waals surface area contributed by atoms with Crippen LogP contribution in [-0.4, -0.2) is 43.2 Å². The van der Waals surface area contributed by atoms with Crippen LogP contribution in [0.3, 0.4) is 0 Å². The van der Waals surface area contributed by atoms with Gasteiger partial charge < -0.3 is 20.3 Å². The maximum atomic E-state index is 8.97. The minimum atomic E-state index is -0.436. The molecule has 4 nitrogen and oxygen atoms in total. The average Bonchev–Trinajstić information content (AvgIpc) is 2.76. The molecule has 0 aliphatic carbocycles. The summed E-state index contributed by atoms with van der Waals surface area (Å²) in [5.74, 6) is 0. The van der Waals surface area contributed by atoms with E-state index in [0.29, 0.717) is 6.10 Å². The Bertz CT molecular complexity index is 179. The van der Waals surface area contributed by atoms with Crippen molar-refractivity contribution in [3.63, 3.8) is 0 Å². The summed E-state index contributed by atoms with van der Waals surface area (Å²) >= 11 is 0. The Labute approximate surface area is 98.1 Å². The first-order valence-corrected chi connectivity index (χ1v) is 6.23. The normalized spacial score (nSPS) is 24.6. The molecule has 16 heavy (non-hydrogen) atoms. The Morgan fingerprint density at radius 3 is 2.94 bits per heavy atom. The molecule has 0 spiro atoms. The first-order valence-electron chi connectivity index (χ1n) is 6.23. The summed E-state index contributed by atoms with van der Waals surface area (Å²) in [6, 6.07) is 0. The van der Waals surface area contributed by atoms with Crippen molar-refractivity contribution in [2.45, 2.75) is 50.7 Å². The lowest BCUT2D eigenvalue weighted by atomic mass is 9.97. The van der Waals surface area contributed by atoms with Gasteiger partial charge in [0.1, 0.15) is 0 Å². The summed E-state index contributed by atoms with van der Waals surface area (Å²) in [7, 11) is 0. The molecule has 1 fully saturated rings. The standard InChI is InChI=1S/C12H25NO3/c1-12(13,10-14)6-2-3-7-15-9-11-5-4-8-16-11/h11,14H,2-10,13H2,1H3. The SMILES string of the molecule is CC(N)(CO)CCCCOCC1CCCO1. The highest BCUT2D eigenvalue weighted by atomic mass is 16.5. The fourth-order valence-corrected chi connectivity index (χ4v) is 1.80. The van der Waals surface area contributed by atoms with Gasteiger partial charge in [-0.2, -0.15) is 0 Å². The lowest BCUT2D eigenvalue weighted by Crippen LogP contribution is -2.39. The highest BCUT2D eigenvalue weighted by molar-refractivity contribution is 4.76. The molecular weight excluding hydrogens is 206 g/mol. The molecule has 1 aliphatic heterocycles. The van der Waals surface area contributed by atoms with Crippen molar-refractivity contribution in [3.8, 4) is 0 Å². The summed E-state index contributed by atoms with van der Waals surface area (Å²) < 4.78 is 11.0. The van der Waals surface area contributed by atoms with Crippen LogP contribution in [0.4, 0.5) is 0 Å². The molecule has 1 rings (SSSR count). The summed E-state index contributed by atoms with van der Waals surface area (Å²) in [5, 5.41) is 8.97. The van der Waals surface area contributed by atoms with E-state index in [9.17, 15) is 0 Å². The molecule has 0 aromatic heterocycles. The zero-order valence-electron chi connectivity index (χ0n) is 10.3. The minimum absolute atomic E-state index is 0.0454. The predicted molar refractivity (Wildman–Crippen MR) is 63.3 cm³/mol. The third-order valence-corrected chi connectivity index (χ3v) is 2.98. The van der Waals surface area contributed by atoms with E-state index in [1.165, 1.54) is 0 Å². The monoisotopic (exact) mass is 231 g/mol. The Balaban J connectivity index is 1.88. The van der Waals surface area contributed by atoms with E-state index >= 15 is 0 Å². The van der Waals surface area contributed by atoms with Gasteiger partial charge in [0.2, 0.25) is 0 Å². The summed E-state index contributed by atoms with van der Waals surface area (Å²) in [6.45, 7) is 4.29. The van der Waals surface area contributed by atoms with Crippen LogP contribution >= 0.6 is 0 Å². The zero-order valence-corrected chi connectivity index (χ0v) is 10.3. The van der Waals surface area contributed by atoms with Gasteiger partial charge in [0, 0.05) is 18.8 Å². The zero-order chi connectivity index (χ0) is 11.9. The number of nitrogens with two attached hydrogens (primary N) is 1. The summed E-state index contributed by atoms with van der Waals surface area (Å²) in [6.07, 6.45) is 5.45. The van der Waals surface area contributed by atoms with Crippen molar-refractivity contribution < 1.29 is 14.6 Å². The van der Waals surface area contributed by atoms with E-state index in [1.807, 2.05) is 6.92 Å². The lowest BCUT2D eigenvalue weighted by molar-refractivity contribution is 0.0157. The first kappa shape index (κ1) is 13.9. The van der Waals surface area contributed by atoms with E-state index in [1.54, 1.807) is 0 Å². The fraction of sp³-hybridized carbons (Fsp3) is 1.00. The van der Waals surface area contributed by atoms with E-state index in [-0.39, 0.29) is 6.61 Å². The Kier molecular flexibility index (Phi) is 6.28. The van der Waals surface area contributed by atoms with Crippen LogP contribution in [-0.2, 0) is 9.47 Å². The summed E-state index contributed by atoms with van der Waals surface area (Å²) in [5.41, 5.74) is 5.38. The van der Waals surface area contributed by atoms with Gasteiger partial charge in [-0.15, -0.1) is 0 Å². The quantitative estimate of drug-likeness (QED) is 0.613. The predicted octanol–water partition coefficient (Wildman–Crippen LogP) is 1.06. The number of rotatable bonds is 8. The van der Waals surface area contributed by atoms with E-state index in [0.717, 1.165) is 51.9 Å². The molecule has 1 heterocycles. The highest BCUT2D eigenvalue weighted by Crippen LogP contribution is 2.13. The maximum Gasteiger partial charge on any atom is 0.0809 e. The van der Waals surface area contributed by atoms with Crippen LogP contribution in [0.1, 0.15) is 39.0 Å². The van der Waals surface area contributed by atoms with Crippen LogP contribution in [0.5, 0.6) is 0 Å². The second-order valence-corrected chi connectivity index (χ2v) is 4.98. The molecule has 2 atom stereocenters. The number of aliphatic hydroxyl groups excluding tert-OH is 1. The smallest absolute Gasteiger partial charge is 0.0809 e. The molecule has 3 N–H and O–H groups in total. The van der Waals surface area contributed by atoms with Gasteiger partial charge in [-0.05, 0) is 39.0 Å². The van der Waals surface area contributed by atoms with Gasteiger partial charge in [0.05, 0.1) is 19.3 Å². The van der Waals surface area contributed by atoms with Crippen LogP contribution in [0.15, 0.2) is 0 Å². The molecule has 0 radical (unpaired) electrons. The van der Waals surface area contributed by atoms with Crippen LogP contribution in [0, 0.1) is 0 Å².